The molecule has 0 bridgehead atoms. The molecular weight excluding hydrogens is 178 g/mol. The van der Waals surface area contributed by atoms with Gasteiger partial charge in [-0.15, -0.1) is 0 Å². The number of carbonyl (C=O) groups excluding carboxylic acids is 1. The molecule has 0 fully saturated rings. The van der Waals surface area contributed by atoms with E-state index in [1.165, 1.54) is 0 Å². The fourth-order valence-electron chi connectivity index (χ4n) is 1.74. The van der Waals surface area contributed by atoms with Crippen LogP contribution in [0, 0.1) is 0 Å². The summed E-state index contributed by atoms with van der Waals surface area (Å²) in [5, 5.41) is 4.44. The van der Waals surface area contributed by atoms with Crippen LogP contribution in [0.15, 0.2) is 6.07 Å². The normalized spacial score (nSPS) is 16.7. The molecule has 2 heterocycles. The summed E-state index contributed by atoms with van der Waals surface area (Å²) in [6.45, 7) is 2.93. The van der Waals surface area contributed by atoms with Crippen LogP contribution in [0.25, 0.3) is 0 Å². The first-order valence-corrected chi connectivity index (χ1v) is 5.05. The topological polar surface area (TPSA) is 38.1 Å². The van der Waals surface area contributed by atoms with Crippen molar-refractivity contribution in [2.45, 2.75) is 32.7 Å². The van der Waals surface area contributed by atoms with Gasteiger partial charge in [0.15, 0.2) is 0 Å². The average molecular weight is 193 g/mol. The van der Waals surface area contributed by atoms with Crippen molar-refractivity contribution in [1.29, 1.82) is 0 Å². The molecule has 0 saturated carbocycles. The smallest absolute Gasteiger partial charge is 0.227 e. The summed E-state index contributed by atoms with van der Waals surface area (Å²) >= 11 is 0. The first kappa shape index (κ1) is 9.24. The second kappa shape index (κ2) is 3.44. The zero-order chi connectivity index (χ0) is 10.1. The molecule has 0 aliphatic carbocycles. The van der Waals surface area contributed by atoms with Crippen molar-refractivity contribution in [3.8, 4) is 0 Å². The summed E-state index contributed by atoms with van der Waals surface area (Å²) in [6, 6.07) is 2.00. The van der Waals surface area contributed by atoms with Crippen LogP contribution in [-0.2, 0) is 17.8 Å². The third-order valence-corrected chi connectivity index (χ3v) is 2.65. The maximum absolute atomic E-state index is 11.6. The first-order chi connectivity index (χ1) is 6.72. The molecule has 14 heavy (non-hydrogen) atoms. The summed E-state index contributed by atoms with van der Waals surface area (Å²) in [5.41, 5.74) is 1.06. The fourth-order valence-corrected chi connectivity index (χ4v) is 1.74. The van der Waals surface area contributed by atoms with Gasteiger partial charge in [0.2, 0.25) is 5.91 Å². The van der Waals surface area contributed by atoms with E-state index in [-0.39, 0.29) is 5.91 Å². The molecule has 2 rings (SSSR count). The van der Waals surface area contributed by atoms with Gasteiger partial charge in [-0.25, -0.2) is 4.68 Å². The molecule has 4 nitrogen and oxygen atoms in total. The van der Waals surface area contributed by atoms with Gasteiger partial charge in [0, 0.05) is 26.1 Å². The molecule has 1 aliphatic heterocycles. The largest absolute Gasteiger partial charge is 0.300 e. The van der Waals surface area contributed by atoms with Gasteiger partial charge < -0.3 is 4.90 Å². The van der Waals surface area contributed by atoms with Gasteiger partial charge in [-0.1, -0.05) is 6.92 Å². The first-order valence-electron chi connectivity index (χ1n) is 5.05. The van der Waals surface area contributed by atoms with E-state index in [4.69, 9.17) is 0 Å². The van der Waals surface area contributed by atoms with E-state index in [0.717, 1.165) is 30.9 Å². The van der Waals surface area contributed by atoms with Gasteiger partial charge >= 0.3 is 0 Å². The van der Waals surface area contributed by atoms with E-state index in [0.29, 0.717) is 6.42 Å². The molecule has 1 aromatic heterocycles. The van der Waals surface area contributed by atoms with Gasteiger partial charge in [0.1, 0.15) is 5.82 Å². The molecule has 1 aromatic rings. The van der Waals surface area contributed by atoms with Crippen LogP contribution in [-0.4, -0.2) is 22.7 Å². The molecular formula is C10H15N3O. The zero-order valence-electron chi connectivity index (χ0n) is 8.66. The third kappa shape index (κ3) is 1.41. The molecule has 0 aromatic carbocycles. The number of fused-ring (bicyclic) bond motifs is 1. The molecule has 76 valence electrons. The second-order valence-electron chi connectivity index (χ2n) is 3.63. The van der Waals surface area contributed by atoms with Crippen LogP contribution in [0.2, 0.25) is 0 Å². The summed E-state index contributed by atoms with van der Waals surface area (Å²) < 4.78 is 1.93. The Bertz CT molecular complexity index is 356. The Labute approximate surface area is 83.5 Å². The third-order valence-electron chi connectivity index (χ3n) is 2.65. The van der Waals surface area contributed by atoms with E-state index in [2.05, 4.69) is 12.0 Å². The van der Waals surface area contributed by atoms with Gasteiger partial charge in [-0.05, 0) is 12.8 Å². The minimum Gasteiger partial charge on any atom is -0.300 e. The van der Waals surface area contributed by atoms with Crippen LogP contribution in [0.1, 0.15) is 25.5 Å². The molecule has 0 atom stereocenters. The number of hydrogen-bond acceptors (Lipinski definition) is 2. The highest BCUT2D eigenvalue weighted by atomic mass is 16.2. The van der Waals surface area contributed by atoms with E-state index in [9.17, 15) is 4.79 Å². The molecule has 1 amide bonds. The maximum atomic E-state index is 11.6. The van der Waals surface area contributed by atoms with E-state index >= 15 is 0 Å². The van der Waals surface area contributed by atoms with Gasteiger partial charge in [0.25, 0.3) is 0 Å². The number of hydrogen-bond donors (Lipinski definition) is 0. The SMILES string of the molecule is CCc1cc2n(n1)CCCC(=O)N2C. The lowest BCUT2D eigenvalue weighted by Crippen LogP contribution is -2.25. The summed E-state index contributed by atoms with van der Waals surface area (Å²) in [5.74, 6) is 1.12. The van der Waals surface area contributed by atoms with Gasteiger partial charge in [-0.3, -0.25) is 4.79 Å². The minimum absolute atomic E-state index is 0.186. The van der Waals surface area contributed by atoms with E-state index < -0.39 is 0 Å². The lowest BCUT2D eigenvalue weighted by atomic mass is 10.3. The number of nitrogens with zero attached hydrogens (tertiary/aromatic N) is 3. The van der Waals surface area contributed by atoms with Crippen molar-refractivity contribution in [3.05, 3.63) is 11.8 Å². The molecule has 0 unspecified atom stereocenters. The minimum atomic E-state index is 0.186. The lowest BCUT2D eigenvalue weighted by Gasteiger charge is -2.13. The number of aromatic nitrogens is 2. The molecule has 4 heteroatoms. The predicted molar refractivity (Wildman–Crippen MR) is 54.2 cm³/mol. The number of rotatable bonds is 1. The van der Waals surface area contributed by atoms with Crippen LogP contribution >= 0.6 is 0 Å². The summed E-state index contributed by atoms with van der Waals surface area (Å²) in [7, 11) is 1.82. The van der Waals surface area contributed by atoms with Gasteiger partial charge in [-0.2, -0.15) is 5.10 Å². The van der Waals surface area contributed by atoms with Crippen molar-refractivity contribution in [2.75, 3.05) is 11.9 Å². The predicted octanol–water partition coefficient (Wildman–Crippen LogP) is 1.20. The summed E-state index contributed by atoms with van der Waals surface area (Å²) in [6.07, 6.45) is 2.43. The monoisotopic (exact) mass is 193 g/mol. The van der Waals surface area contributed by atoms with Crippen molar-refractivity contribution < 1.29 is 4.79 Å². The van der Waals surface area contributed by atoms with E-state index in [1.807, 2.05) is 17.8 Å². The Balaban J connectivity index is 2.40. The van der Waals surface area contributed by atoms with Crippen molar-refractivity contribution in [1.82, 2.24) is 9.78 Å². The second-order valence-corrected chi connectivity index (χ2v) is 3.63. The number of amides is 1. The quantitative estimate of drug-likeness (QED) is 0.672. The van der Waals surface area contributed by atoms with Gasteiger partial charge in [0.05, 0.1) is 5.69 Å². The molecule has 0 spiro atoms. The van der Waals surface area contributed by atoms with Crippen LogP contribution in [0.3, 0.4) is 0 Å². The summed E-state index contributed by atoms with van der Waals surface area (Å²) in [4.78, 5) is 13.3. The average Bonchev–Trinajstić information content (AvgIpc) is 2.55. The Kier molecular flexibility index (Phi) is 2.27. The van der Waals surface area contributed by atoms with Crippen molar-refractivity contribution in [3.63, 3.8) is 0 Å². The van der Waals surface area contributed by atoms with Crippen LogP contribution < -0.4 is 4.90 Å². The zero-order valence-corrected chi connectivity index (χ0v) is 8.66. The van der Waals surface area contributed by atoms with Crippen molar-refractivity contribution in [2.24, 2.45) is 0 Å². The number of aryl methyl sites for hydroxylation is 2. The Morgan fingerprint density at radius 3 is 3.07 bits per heavy atom. The highest BCUT2D eigenvalue weighted by molar-refractivity contribution is 5.92. The molecule has 1 aliphatic rings. The lowest BCUT2D eigenvalue weighted by molar-refractivity contribution is -0.118. The molecule has 0 saturated heterocycles. The van der Waals surface area contributed by atoms with E-state index in [1.54, 1.807) is 4.90 Å². The fraction of sp³-hybridized carbons (Fsp3) is 0.600. The van der Waals surface area contributed by atoms with Crippen molar-refractivity contribution >= 4 is 11.7 Å². The standard InChI is InChI=1S/C10H15N3O/c1-3-8-7-9-12(2)10(14)5-4-6-13(9)11-8/h7H,3-6H2,1-2H3. The maximum Gasteiger partial charge on any atom is 0.227 e. The Hall–Kier alpha value is -1.32. The molecule has 0 N–H and O–H groups in total. The number of anilines is 1. The van der Waals surface area contributed by atoms with Crippen LogP contribution in [0.4, 0.5) is 5.82 Å². The van der Waals surface area contributed by atoms with Crippen LogP contribution in [0.5, 0.6) is 0 Å². The Morgan fingerprint density at radius 2 is 2.36 bits per heavy atom. The Morgan fingerprint density at radius 1 is 1.57 bits per heavy atom. The molecule has 0 radical (unpaired) electrons. The highest BCUT2D eigenvalue weighted by Crippen LogP contribution is 2.20. The number of carbonyl (C=O) groups is 1. The highest BCUT2D eigenvalue weighted by Gasteiger charge is 2.20.